The minimum Gasteiger partial charge on any atom is -0.342 e. The van der Waals surface area contributed by atoms with Crippen LogP contribution in [0.25, 0.3) is 0 Å². The summed E-state index contributed by atoms with van der Waals surface area (Å²) in [6.07, 6.45) is 4.67. The van der Waals surface area contributed by atoms with E-state index in [1.54, 1.807) is 0 Å². The summed E-state index contributed by atoms with van der Waals surface area (Å²) >= 11 is 0. The molecule has 22 heavy (non-hydrogen) atoms. The molecule has 2 amide bonds. The molecule has 2 aliphatic heterocycles. The Hall–Kier alpha value is -1.84. The quantitative estimate of drug-likeness (QED) is 0.912. The molecule has 4 heteroatoms. The molecular formula is C18H24N2O2. The lowest BCUT2D eigenvalue weighted by Crippen LogP contribution is -2.59. The minimum atomic E-state index is -0.695. The lowest BCUT2D eigenvalue weighted by atomic mass is 9.87. The summed E-state index contributed by atoms with van der Waals surface area (Å²) < 4.78 is 0. The third-order valence-corrected chi connectivity index (χ3v) is 5.07. The highest BCUT2D eigenvalue weighted by molar-refractivity contribution is 5.92. The van der Waals surface area contributed by atoms with E-state index in [1.165, 1.54) is 11.1 Å². The molecule has 1 aromatic rings. The Balaban J connectivity index is 1.81. The van der Waals surface area contributed by atoms with Crippen molar-refractivity contribution < 1.29 is 9.59 Å². The summed E-state index contributed by atoms with van der Waals surface area (Å²) in [5, 5.41) is 3.03. The van der Waals surface area contributed by atoms with Crippen molar-refractivity contribution in [2.24, 2.45) is 0 Å². The summed E-state index contributed by atoms with van der Waals surface area (Å²) in [6, 6.07) is 8.31. The molecule has 0 aromatic heterocycles. The Labute approximate surface area is 131 Å². The van der Waals surface area contributed by atoms with Crippen molar-refractivity contribution in [1.29, 1.82) is 0 Å². The topological polar surface area (TPSA) is 49.4 Å². The molecule has 3 rings (SSSR count). The highest BCUT2D eigenvalue weighted by Crippen LogP contribution is 2.28. The van der Waals surface area contributed by atoms with Gasteiger partial charge in [0.25, 0.3) is 0 Å². The van der Waals surface area contributed by atoms with Crippen LogP contribution in [0.2, 0.25) is 0 Å². The zero-order valence-corrected chi connectivity index (χ0v) is 13.2. The van der Waals surface area contributed by atoms with Crippen LogP contribution < -0.4 is 5.32 Å². The number of nitrogens with zero attached hydrogens (tertiary/aromatic N) is 1. The first-order valence-corrected chi connectivity index (χ1v) is 8.32. The Morgan fingerprint density at radius 2 is 2.00 bits per heavy atom. The van der Waals surface area contributed by atoms with Crippen molar-refractivity contribution in [2.75, 3.05) is 6.54 Å². The van der Waals surface area contributed by atoms with Crippen LogP contribution >= 0.6 is 0 Å². The average molecular weight is 300 g/mol. The van der Waals surface area contributed by atoms with Crippen molar-refractivity contribution in [3.63, 3.8) is 0 Å². The van der Waals surface area contributed by atoms with E-state index in [-0.39, 0.29) is 11.8 Å². The average Bonchev–Trinajstić information content (AvgIpc) is 2.76. The van der Waals surface area contributed by atoms with Gasteiger partial charge in [0, 0.05) is 19.5 Å². The molecule has 1 fully saturated rings. The number of carbonyl (C=O) groups excluding carboxylic acids is 2. The molecule has 1 atom stereocenters. The van der Waals surface area contributed by atoms with Crippen LogP contribution in [-0.4, -0.2) is 28.8 Å². The van der Waals surface area contributed by atoms with Gasteiger partial charge in [0.05, 0.1) is 0 Å². The maximum atomic E-state index is 13.1. The lowest BCUT2D eigenvalue weighted by Gasteiger charge is -2.38. The van der Waals surface area contributed by atoms with Crippen LogP contribution in [0.5, 0.6) is 0 Å². The Kier molecular flexibility index (Phi) is 4.19. The Morgan fingerprint density at radius 1 is 1.23 bits per heavy atom. The van der Waals surface area contributed by atoms with E-state index in [0.29, 0.717) is 19.4 Å². The normalized spacial score (nSPS) is 25.1. The Morgan fingerprint density at radius 3 is 2.77 bits per heavy atom. The second kappa shape index (κ2) is 6.11. The summed E-state index contributed by atoms with van der Waals surface area (Å²) in [7, 11) is 0. The maximum absolute atomic E-state index is 13.1. The fourth-order valence-corrected chi connectivity index (χ4v) is 3.65. The van der Waals surface area contributed by atoms with E-state index in [0.717, 1.165) is 32.2 Å². The van der Waals surface area contributed by atoms with E-state index in [2.05, 4.69) is 23.5 Å². The highest BCUT2D eigenvalue weighted by atomic mass is 16.2. The number of hydrogen-bond acceptors (Lipinski definition) is 2. The summed E-state index contributed by atoms with van der Waals surface area (Å²) in [4.78, 5) is 27.0. The van der Waals surface area contributed by atoms with Gasteiger partial charge in [0.1, 0.15) is 5.54 Å². The van der Waals surface area contributed by atoms with Crippen molar-refractivity contribution in [3.8, 4) is 0 Å². The van der Waals surface area contributed by atoms with E-state index < -0.39 is 5.54 Å². The number of benzene rings is 1. The largest absolute Gasteiger partial charge is 0.342 e. The molecule has 0 bridgehead atoms. The molecule has 1 aromatic carbocycles. The molecule has 1 unspecified atom stereocenters. The van der Waals surface area contributed by atoms with E-state index >= 15 is 0 Å². The molecule has 0 saturated carbocycles. The third kappa shape index (κ3) is 2.74. The van der Waals surface area contributed by atoms with Gasteiger partial charge >= 0.3 is 0 Å². The van der Waals surface area contributed by atoms with Crippen molar-refractivity contribution in [1.82, 2.24) is 10.2 Å². The fraction of sp³-hybridized carbons (Fsp3) is 0.556. The predicted molar refractivity (Wildman–Crippen MR) is 85.2 cm³/mol. The van der Waals surface area contributed by atoms with Gasteiger partial charge in [-0.05, 0) is 36.8 Å². The van der Waals surface area contributed by atoms with Crippen LogP contribution in [0.3, 0.4) is 0 Å². The monoisotopic (exact) mass is 300 g/mol. The SMILES string of the molecule is CCC1(C(=O)N2CCc3ccccc3C2)CCCCC(=O)N1. The number of hydrogen-bond donors (Lipinski definition) is 1. The van der Waals surface area contributed by atoms with Gasteiger partial charge in [-0.15, -0.1) is 0 Å². The third-order valence-electron chi connectivity index (χ3n) is 5.07. The van der Waals surface area contributed by atoms with Crippen LogP contribution in [0.4, 0.5) is 0 Å². The molecule has 0 spiro atoms. The van der Waals surface area contributed by atoms with Gasteiger partial charge in [-0.1, -0.05) is 37.6 Å². The van der Waals surface area contributed by atoms with Crippen LogP contribution in [-0.2, 0) is 22.6 Å². The zero-order chi connectivity index (χ0) is 15.6. The number of nitrogens with one attached hydrogen (secondary N) is 1. The summed E-state index contributed by atoms with van der Waals surface area (Å²) in [5.41, 5.74) is 1.87. The molecule has 1 saturated heterocycles. The molecule has 0 radical (unpaired) electrons. The van der Waals surface area contributed by atoms with E-state index in [4.69, 9.17) is 0 Å². The van der Waals surface area contributed by atoms with Crippen LogP contribution in [0.1, 0.15) is 50.2 Å². The molecule has 2 heterocycles. The van der Waals surface area contributed by atoms with Crippen molar-refractivity contribution >= 4 is 11.8 Å². The van der Waals surface area contributed by atoms with Gasteiger partial charge in [-0.3, -0.25) is 9.59 Å². The van der Waals surface area contributed by atoms with Gasteiger partial charge in [-0.25, -0.2) is 0 Å². The molecule has 0 aliphatic carbocycles. The van der Waals surface area contributed by atoms with Gasteiger partial charge in [0.2, 0.25) is 11.8 Å². The number of fused-ring (bicyclic) bond motifs is 1. The highest BCUT2D eigenvalue weighted by Gasteiger charge is 2.42. The van der Waals surface area contributed by atoms with E-state index in [9.17, 15) is 9.59 Å². The van der Waals surface area contributed by atoms with Crippen molar-refractivity contribution in [2.45, 2.75) is 57.5 Å². The number of amides is 2. The molecule has 1 N–H and O–H groups in total. The van der Waals surface area contributed by atoms with Crippen LogP contribution in [0.15, 0.2) is 24.3 Å². The number of rotatable bonds is 2. The zero-order valence-electron chi connectivity index (χ0n) is 13.2. The van der Waals surface area contributed by atoms with Gasteiger partial charge in [0.15, 0.2) is 0 Å². The summed E-state index contributed by atoms with van der Waals surface area (Å²) in [6.45, 7) is 3.40. The second-order valence-corrected chi connectivity index (χ2v) is 6.44. The molecular weight excluding hydrogens is 276 g/mol. The first kappa shape index (κ1) is 15.1. The Bertz CT molecular complexity index is 584. The molecule has 118 valence electrons. The first-order valence-electron chi connectivity index (χ1n) is 8.32. The van der Waals surface area contributed by atoms with Gasteiger partial charge < -0.3 is 10.2 Å². The fourth-order valence-electron chi connectivity index (χ4n) is 3.65. The maximum Gasteiger partial charge on any atom is 0.248 e. The second-order valence-electron chi connectivity index (χ2n) is 6.44. The summed E-state index contributed by atoms with van der Waals surface area (Å²) in [5.74, 6) is 0.116. The smallest absolute Gasteiger partial charge is 0.248 e. The van der Waals surface area contributed by atoms with Crippen molar-refractivity contribution in [3.05, 3.63) is 35.4 Å². The lowest BCUT2D eigenvalue weighted by molar-refractivity contribution is -0.142. The number of carbonyl (C=O) groups is 2. The first-order chi connectivity index (χ1) is 10.6. The van der Waals surface area contributed by atoms with Gasteiger partial charge in [-0.2, -0.15) is 0 Å². The molecule has 4 nitrogen and oxygen atoms in total. The van der Waals surface area contributed by atoms with E-state index in [1.807, 2.05) is 17.9 Å². The molecule has 2 aliphatic rings. The minimum absolute atomic E-state index is 0.0186. The predicted octanol–water partition coefficient (Wildman–Crippen LogP) is 2.41. The standard InChI is InChI=1S/C18H24N2O2/c1-2-18(11-6-5-9-16(21)19-18)17(22)20-12-10-14-7-3-4-8-15(14)13-20/h3-4,7-8H,2,5-6,9-13H2,1H3,(H,19,21). The van der Waals surface area contributed by atoms with Crippen LogP contribution in [0, 0.1) is 0 Å².